The Bertz CT molecular complexity index is 1530. The van der Waals surface area contributed by atoms with Crippen molar-refractivity contribution in [1.29, 1.82) is 0 Å². The number of fused-ring (bicyclic) bond motifs is 9. The van der Waals surface area contributed by atoms with Crippen LogP contribution < -0.4 is 4.74 Å². The molecule has 3 aromatic rings. The molecule has 2 atom stereocenters. The number of likely N-dealkylation sites (tertiary alicyclic amines) is 1. The predicted octanol–water partition coefficient (Wildman–Crippen LogP) is 4.20. The number of amides is 1. The summed E-state index contributed by atoms with van der Waals surface area (Å²) in [6.07, 6.45) is 2.75. The topological polar surface area (TPSA) is 50.6 Å². The maximum atomic E-state index is 13.5. The molecule has 3 aliphatic heterocycles. The lowest BCUT2D eigenvalue weighted by atomic mass is 9.97. The van der Waals surface area contributed by atoms with Gasteiger partial charge in [-0.2, -0.15) is 8.78 Å². The SMILES string of the molecule is [2H]C([2H])([2H])N1C(=O)c2cccc(OC(F)F)c2[C@H]2C[C@@H]1c1nc3ccc(C#CC4CN(C5CC5)C4)cc3n12. The average molecular weight is 478 g/mol. The van der Waals surface area contributed by atoms with Gasteiger partial charge in [0.15, 0.2) is 0 Å². The first-order valence-electron chi connectivity index (χ1n) is 13.4. The fourth-order valence-corrected chi connectivity index (χ4v) is 5.71. The first kappa shape index (κ1) is 17.9. The van der Waals surface area contributed by atoms with Gasteiger partial charge < -0.3 is 14.2 Å². The normalized spacial score (nSPS) is 25.2. The molecule has 2 aromatic carbocycles. The highest BCUT2D eigenvalue weighted by molar-refractivity contribution is 5.97. The van der Waals surface area contributed by atoms with E-state index in [1.807, 2.05) is 22.8 Å². The molecule has 1 aliphatic carbocycles. The van der Waals surface area contributed by atoms with Crippen molar-refractivity contribution in [1.82, 2.24) is 19.4 Å². The number of benzene rings is 2. The largest absolute Gasteiger partial charge is 0.434 e. The molecule has 178 valence electrons. The van der Waals surface area contributed by atoms with E-state index in [0.29, 0.717) is 22.8 Å². The van der Waals surface area contributed by atoms with Crippen LogP contribution in [0.2, 0.25) is 0 Å². The summed E-state index contributed by atoms with van der Waals surface area (Å²) in [7, 11) is 0. The molecule has 0 spiro atoms. The molecule has 8 heteroatoms. The summed E-state index contributed by atoms with van der Waals surface area (Å²) in [4.78, 5) is 21.5. The molecule has 35 heavy (non-hydrogen) atoms. The number of carbonyl (C=O) groups is 1. The molecule has 1 saturated heterocycles. The van der Waals surface area contributed by atoms with E-state index in [9.17, 15) is 13.6 Å². The quantitative estimate of drug-likeness (QED) is 0.531. The summed E-state index contributed by atoms with van der Waals surface area (Å²) in [5.41, 5.74) is 2.42. The molecular weight excluding hydrogens is 450 g/mol. The predicted molar refractivity (Wildman–Crippen MR) is 125 cm³/mol. The second-order valence-corrected chi connectivity index (χ2v) is 9.73. The maximum absolute atomic E-state index is 13.5. The zero-order valence-corrected chi connectivity index (χ0v) is 18.7. The molecule has 1 amide bonds. The summed E-state index contributed by atoms with van der Waals surface area (Å²) in [5.74, 6) is 6.49. The van der Waals surface area contributed by atoms with E-state index in [2.05, 4.69) is 16.7 Å². The highest BCUT2D eigenvalue weighted by atomic mass is 19.3. The molecule has 7 rings (SSSR count). The minimum Gasteiger partial charge on any atom is -0.434 e. The van der Waals surface area contributed by atoms with E-state index in [1.165, 1.54) is 31.0 Å². The summed E-state index contributed by atoms with van der Waals surface area (Å²) in [6, 6.07) is 9.18. The molecule has 2 bridgehead atoms. The van der Waals surface area contributed by atoms with Gasteiger partial charge in [-0.15, -0.1) is 0 Å². The minimum absolute atomic E-state index is 0.0421. The van der Waals surface area contributed by atoms with E-state index in [0.717, 1.165) is 29.6 Å². The average Bonchev–Trinajstić information content (AvgIpc) is 3.52. The Labute approximate surface area is 205 Å². The van der Waals surface area contributed by atoms with Crippen LogP contribution in [-0.2, 0) is 0 Å². The van der Waals surface area contributed by atoms with Gasteiger partial charge in [0.1, 0.15) is 11.6 Å². The van der Waals surface area contributed by atoms with Crippen molar-refractivity contribution in [2.45, 2.75) is 44.0 Å². The second kappa shape index (κ2) is 7.53. The van der Waals surface area contributed by atoms with Crippen LogP contribution in [0.1, 0.15) is 62.8 Å². The molecule has 0 radical (unpaired) electrons. The van der Waals surface area contributed by atoms with Crippen LogP contribution in [-0.4, -0.2) is 58.0 Å². The summed E-state index contributed by atoms with van der Waals surface area (Å²) >= 11 is 0. The van der Waals surface area contributed by atoms with Crippen LogP contribution in [0, 0.1) is 17.8 Å². The molecule has 6 nitrogen and oxygen atoms in total. The van der Waals surface area contributed by atoms with Gasteiger partial charge in [0.2, 0.25) is 0 Å². The second-order valence-electron chi connectivity index (χ2n) is 9.73. The molecular formula is C27H24F2N4O2. The van der Waals surface area contributed by atoms with Crippen LogP contribution in [0.15, 0.2) is 36.4 Å². The number of alkyl halides is 2. The van der Waals surface area contributed by atoms with Crippen LogP contribution >= 0.6 is 0 Å². The molecule has 1 aromatic heterocycles. The van der Waals surface area contributed by atoms with Crippen LogP contribution in [0.4, 0.5) is 8.78 Å². The van der Waals surface area contributed by atoms with Crippen molar-refractivity contribution < 1.29 is 22.4 Å². The lowest BCUT2D eigenvalue weighted by Gasteiger charge is -2.36. The first-order valence-corrected chi connectivity index (χ1v) is 11.9. The third-order valence-corrected chi connectivity index (χ3v) is 7.54. The number of carbonyl (C=O) groups excluding carboxylic acids is 1. The molecule has 4 aliphatic rings. The van der Waals surface area contributed by atoms with Crippen LogP contribution in [0.25, 0.3) is 11.0 Å². The Morgan fingerprint density at radius 2 is 2.06 bits per heavy atom. The first-order chi connectivity index (χ1) is 18.2. The minimum atomic E-state index is -3.10. The Balaban J connectivity index is 1.34. The maximum Gasteiger partial charge on any atom is 0.387 e. The van der Waals surface area contributed by atoms with Gasteiger partial charge in [-0.25, -0.2) is 4.98 Å². The van der Waals surface area contributed by atoms with Crippen molar-refractivity contribution >= 4 is 16.9 Å². The van der Waals surface area contributed by atoms with Crippen molar-refractivity contribution in [2.24, 2.45) is 5.92 Å². The molecule has 4 heterocycles. The standard InChI is InChI=1S/C27H24F2N4O2/c1-31-22-12-21(24-18(26(31)34)3-2-4-23(24)35-27(28)29)33-20-11-15(7-10-19(20)30-25(22)33)5-6-16-13-32(14-16)17-8-9-17/h2-4,7,10-11,16-17,21-22,27H,8-9,12-14H2,1H3/t21-,22-/m1/s1/i1D3. The van der Waals surface area contributed by atoms with E-state index in [1.54, 1.807) is 0 Å². The van der Waals surface area contributed by atoms with Crippen molar-refractivity contribution in [3.8, 4) is 17.6 Å². The summed E-state index contributed by atoms with van der Waals surface area (Å²) in [5, 5.41) is 0. The van der Waals surface area contributed by atoms with Crippen molar-refractivity contribution in [2.75, 3.05) is 20.1 Å². The van der Waals surface area contributed by atoms with Crippen LogP contribution in [0.5, 0.6) is 5.75 Å². The number of hydrogen-bond donors (Lipinski definition) is 0. The number of rotatable bonds is 3. The number of imidazole rings is 1. The molecule has 2 fully saturated rings. The summed E-state index contributed by atoms with van der Waals surface area (Å²) < 4.78 is 57.7. The number of aromatic nitrogens is 2. The Hall–Kier alpha value is -3.44. The van der Waals surface area contributed by atoms with Gasteiger partial charge in [-0.05, 0) is 43.2 Å². The third-order valence-electron chi connectivity index (χ3n) is 7.54. The Kier molecular flexibility index (Phi) is 3.85. The molecule has 0 unspecified atom stereocenters. The van der Waals surface area contributed by atoms with E-state index in [-0.39, 0.29) is 23.3 Å². The number of nitrogens with zero attached hydrogens (tertiary/aromatic N) is 4. The van der Waals surface area contributed by atoms with Crippen molar-refractivity contribution in [3.63, 3.8) is 0 Å². The zero-order chi connectivity index (χ0) is 26.3. The van der Waals surface area contributed by atoms with Gasteiger partial charge in [0.05, 0.1) is 23.1 Å². The van der Waals surface area contributed by atoms with Crippen LogP contribution in [0.3, 0.4) is 0 Å². The number of hydrogen-bond acceptors (Lipinski definition) is 4. The monoisotopic (exact) mass is 477 g/mol. The van der Waals surface area contributed by atoms with E-state index < -0.39 is 31.6 Å². The van der Waals surface area contributed by atoms with Gasteiger partial charge in [0.25, 0.3) is 5.91 Å². The Morgan fingerprint density at radius 1 is 1.20 bits per heavy atom. The highest BCUT2D eigenvalue weighted by Crippen LogP contribution is 2.50. The van der Waals surface area contributed by atoms with Gasteiger partial charge in [-0.1, -0.05) is 17.9 Å². The fourth-order valence-electron chi connectivity index (χ4n) is 5.71. The van der Waals surface area contributed by atoms with Gasteiger partial charge in [0, 0.05) is 59.2 Å². The fraction of sp³-hybridized carbons (Fsp3) is 0.407. The summed E-state index contributed by atoms with van der Waals surface area (Å²) in [6.45, 7) is -3.86. The van der Waals surface area contributed by atoms with Gasteiger partial charge >= 0.3 is 6.61 Å². The molecule has 1 saturated carbocycles. The van der Waals surface area contributed by atoms with E-state index >= 15 is 0 Å². The molecule has 0 N–H and O–H groups in total. The number of ether oxygens (including phenoxy) is 1. The van der Waals surface area contributed by atoms with Crippen molar-refractivity contribution in [3.05, 3.63) is 58.9 Å². The lowest BCUT2D eigenvalue weighted by Crippen LogP contribution is -2.47. The third kappa shape index (κ3) is 3.25. The smallest absolute Gasteiger partial charge is 0.387 e. The number of halogens is 2. The zero-order valence-electron chi connectivity index (χ0n) is 21.7. The van der Waals surface area contributed by atoms with Gasteiger partial charge in [-0.3, -0.25) is 9.69 Å². The lowest BCUT2D eigenvalue weighted by molar-refractivity contribution is -0.0507. The van der Waals surface area contributed by atoms with E-state index in [4.69, 9.17) is 13.8 Å². The highest BCUT2D eigenvalue weighted by Gasteiger charge is 2.45. The Morgan fingerprint density at radius 3 is 2.83 bits per heavy atom.